The molecule has 158 valence electrons. The minimum absolute atomic E-state index is 0. The predicted molar refractivity (Wildman–Crippen MR) is 109 cm³/mol. The summed E-state index contributed by atoms with van der Waals surface area (Å²) < 4.78 is 32.4. The Morgan fingerprint density at radius 3 is 1.41 bits per heavy atom. The monoisotopic (exact) mass is 414 g/mol. The molecule has 0 aliphatic heterocycles. The molecule has 2 unspecified atom stereocenters. The molecule has 0 aromatic rings. The van der Waals surface area contributed by atoms with E-state index in [4.69, 9.17) is 0 Å². The van der Waals surface area contributed by atoms with E-state index in [1.54, 1.807) is 0 Å². The summed E-state index contributed by atoms with van der Waals surface area (Å²) in [5, 5.41) is 9.23. The second kappa shape index (κ2) is 20.2. The molecule has 27 heavy (non-hydrogen) atoms. The third-order valence-corrected chi connectivity index (χ3v) is 6.50. The van der Waals surface area contributed by atoms with Gasteiger partial charge in [-0.1, -0.05) is 96.8 Å². The van der Waals surface area contributed by atoms with Crippen LogP contribution in [0.4, 0.5) is 0 Å². The van der Waals surface area contributed by atoms with Crippen molar-refractivity contribution in [2.24, 2.45) is 0 Å². The van der Waals surface area contributed by atoms with Crippen molar-refractivity contribution in [3.05, 3.63) is 0 Å². The molecule has 0 aromatic heterocycles. The Kier molecular flexibility index (Phi) is 22.4. The summed E-state index contributed by atoms with van der Waals surface area (Å²) in [5.74, 6) is 0. The molecule has 0 spiro atoms. The summed E-state index contributed by atoms with van der Waals surface area (Å²) in [6, 6.07) is 0. The predicted octanol–water partition coefficient (Wildman–Crippen LogP) is 2.94. The van der Waals surface area contributed by atoms with Crippen LogP contribution < -0.4 is 29.6 Å². The maximum absolute atomic E-state index is 10.8. The summed E-state index contributed by atoms with van der Waals surface area (Å²) in [7, 11) is -4.12. The third kappa shape index (κ3) is 21.4. The number of unbranched alkanes of at least 4 members (excludes halogenated alkanes) is 12. The van der Waals surface area contributed by atoms with Gasteiger partial charge in [-0.2, -0.15) is 0 Å². The van der Waals surface area contributed by atoms with Crippen molar-refractivity contribution < 1.29 is 47.6 Å². The molecule has 0 radical (unpaired) electrons. The zero-order chi connectivity index (χ0) is 19.7. The van der Waals surface area contributed by atoms with E-state index in [0.717, 1.165) is 44.9 Å². The van der Waals surface area contributed by atoms with Gasteiger partial charge in [-0.15, -0.1) is 0 Å². The molecule has 0 fully saturated rings. The van der Waals surface area contributed by atoms with Gasteiger partial charge in [-0.3, -0.25) is 0 Å². The summed E-state index contributed by atoms with van der Waals surface area (Å²) in [6.45, 7) is 3.74. The van der Waals surface area contributed by atoms with Gasteiger partial charge >= 0.3 is 29.6 Å². The first-order valence-corrected chi connectivity index (χ1v) is 12.5. The van der Waals surface area contributed by atoms with Gasteiger partial charge in [0.05, 0.1) is 16.2 Å². The first kappa shape index (κ1) is 30.1. The van der Waals surface area contributed by atoms with Gasteiger partial charge in [-0.25, -0.2) is 8.42 Å². The van der Waals surface area contributed by atoms with Gasteiger partial charge in [0.2, 0.25) is 0 Å². The van der Waals surface area contributed by atoms with Gasteiger partial charge < -0.3 is 9.66 Å². The zero-order valence-corrected chi connectivity index (χ0v) is 21.1. The number of hydrogen-bond donors (Lipinski definition) is 1. The molecule has 0 aliphatic rings. The van der Waals surface area contributed by atoms with Crippen molar-refractivity contribution in [2.75, 3.05) is 0 Å². The Labute approximate surface area is 191 Å². The van der Waals surface area contributed by atoms with Gasteiger partial charge in [0.15, 0.2) is 0 Å². The van der Waals surface area contributed by atoms with Crippen LogP contribution in [-0.4, -0.2) is 29.4 Å². The molecular formula is C21H43NaO4S. The number of aliphatic hydroxyl groups excluding tert-OH is 1. The van der Waals surface area contributed by atoms with E-state index in [0.29, 0.717) is 6.42 Å². The number of aliphatic hydroxyl groups is 1. The fraction of sp³-hybridized carbons (Fsp3) is 1.00. The van der Waals surface area contributed by atoms with Crippen molar-refractivity contribution in [1.82, 2.24) is 0 Å². The van der Waals surface area contributed by atoms with E-state index in [-0.39, 0.29) is 35.7 Å². The Balaban J connectivity index is 0. The zero-order valence-electron chi connectivity index (χ0n) is 18.3. The summed E-state index contributed by atoms with van der Waals surface area (Å²) in [4.78, 5) is 0. The minimum Gasteiger partial charge on any atom is -0.748 e. The van der Waals surface area contributed by atoms with Gasteiger partial charge in [0, 0.05) is 5.25 Å². The SMILES string of the molecule is CCCCCCCCCCCCC(O)CCCCCCC(C)S(=O)(=O)[O-].[Na+]. The third-order valence-electron chi connectivity index (χ3n) is 5.28. The molecule has 1 N–H and O–H groups in total. The first-order chi connectivity index (χ1) is 12.4. The maximum atomic E-state index is 10.8. The maximum Gasteiger partial charge on any atom is 1.00 e. The first-order valence-electron chi connectivity index (χ1n) is 11.0. The summed E-state index contributed by atoms with van der Waals surface area (Å²) in [6.07, 6.45) is 18.9. The standard InChI is InChI=1S/C21H44O4S.Na/c1-3-4-5-6-7-8-9-10-11-15-18-21(22)19-16-13-12-14-17-20(2)26(23,24)25;/h20-22H,3-19H2,1-2H3,(H,23,24,25);/q;+1/p-1. The molecule has 6 heteroatoms. The van der Waals surface area contributed by atoms with Crippen molar-refractivity contribution in [2.45, 2.75) is 134 Å². The van der Waals surface area contributed by atoms with Crippen LogP contribution in [0.3, 0.4) is 0 Å². The Hall–Kier alpha value is 0.870. The smallest absolute Gasteiger partial charge is 0.748 e. The van der Waals surface area contributed by atoms with E-state index >= 15 is 0 Å². The van der Waals surface area contributed by atoms with E-state index in [9.17, 15) is 18.1 Å². The van der Waals surface area contributed by atoms with Gasteiger partial charge in [0.1, 0.15) is 0 Å². The molecule has 0 heterocycles. The Bertz CT molecular complexity index is 401. The molecule has 0 amide bonds. The topological polar surface area (TPSA) is 77.4 Å². The van der Waals surface area contributed by atoms with Crippen LogP contribution in [0.1, 0.15) is 123 Å². The van der Waals surface area contributed by atoms with Gasteiger partial charge in [-0.05, 0) is 26.2 Å². The van der Waals surface area contributed by atoms with Crippen molar-refractivity contribution in [3.8, 4) is 0 Å². The largest absolute Gasteiger partial charge is 1.00 e. The summed E-state index contributed by atoms with van der Waals surface area (Å²) >= 11 is 0. The second-order valence-corrected chi connectivity index (χ2v) is 9.71. The van der Waals surface area contributed by atoms with Crippen LogP contribution in [-0.2, 0) is 10.1 Å². The van der Waals surface area contributed by atoms with E-state index in [1.807, 2.05) is 0 Å². The molecule has 4 nitrogen and oxygen atoms in total. The molecule has 0 aromatic carbocycles. The van der Waals surface area contributed by atoms with Crippen LogP contribution in [0, 0.1) is 0 Å². The second-order valence-electron chi connectivity index (χ2n) is 7.92. The molecule has 0 rings (SSSR count). The normalized spacial score (nSPS) is 13.9. The Morgan fingerprint density at radius 1 is 0.704 bits per heavy atom. The molecule has 0 bridgehead atoms. The molecule has 0 saturated heterocycles. The summed E-state index contributed by atoms with van der Waals surface area (Å²) in [5.41, 5.74) is 0. The fourth-order valence-corrected chi connectivity index (χ4v) is 3.78. The van der Waals surface area contributed by atoms with Crippen LogP contribution in [0.15, 0.2) is 0 Å². The van der Waals surface area contributed by atoms with Crippen molar-refractivity contribution >= 4 is 10.1 Å². The molecule has 2 atom stereocenters. The Morgan fingerprint density at radius 2 is 1.04 bits per heavy atom. The van der Waals surface area contributed by atoms with E-state index in [1.165, 1.54) is 64.7 Å². The average Bonchev–Trinajstić information content (AvgIpc) is 2.58. The molecular weight excluding hydrogens is 371 g/mol. The van der Waals surface area contributed by atoms with Crippen molar-refractivity contribution in [1.29, 1.82) is 0 Å². The molecule has 0 aliphatic carbocycles. The van der Waals surface area contributed by atoms with E-state index in [2.05, 4.69) is 6.92 Å². The van der Waals surface area contributed by atoms with Crippen LogP contribution in [0.5, 0.6) is 0 Å². The van der Waals surface area contributed by atoms with Gasteiger partial charge in [0.25, 0.3) is 0 Å². The van der Waals surface area contributed by atoms with E-state index < -0.39 is 15.4 Å². The minimum atomic E-state index is -4.12. The van der Waals surface area contributed by atoms with Crippen LogP contribution in [0.2, 0.25) is 0 Å². The molecule has 0 saturated carbocycles. The fourth-order valence-electron chi connectivity index (χ4n) is 3.32. The average molecular weight is 415 g/mol. The number of rotatable bonds is 19. The van der Waals surface area contributed by atoms with Crippen LogP contribution in [0.25, 0.3) is 0 Å². The quantitative estimate of drug-likeness (QED) is 0.200. The number of hydrogen-bond acceptors (Lipinski definition) is 4. The van der Waals surface area contributed by atoms with Crippen molar-refractivity contribution in [3.63, 3.8) is 0 Å². The van der Waals surface area contributed by atoms with Crippen LogP contribution >= 0.6 is 0 Å².